The number of hydrogen-bond donors (Lipinski definition) is 1. The van der Waals surface area contributed by atoms with Crippen molar-refractivity contribution in [3.63, 3.8) is 0 Å². The monoisotopic (exact) mass is 536 g/mol. The molecule has 2 aromatic rings. The van der Waals surface area contributed by atoms with E-state index in [1.807, 2.05) is 0 Å². The maximum Gasteiger partial charge on any atom is 0.248 e. The lowest BCUT2D eigenvalue weighted by Crippen LogP contribution is -2.58. The number of sulfonamides is 1. The van der Waals surface area contributed by atoms with Crippen LogP contribution < -0.4 is 14.8 Å². The fourth-order valence-corrected chi connectivity index (χ4v) is 6.84. The van der Waals surface area contributed by atoms with Crippen LogP contribution in [0.25, 0.3) is 0 Å². The second-order valence-electron chi connectivity index (χ2n) is 9.02. The van der Waals surface area contributed by atoms with Crippen LogP contribution in [-0.4, -0.2) is 74.3 Å². The van der Waals surface area contributed by atoms with Crippen molar-refractivity contribution in [2.45, 2.75) is 49.5 Å². The van der Waals surface area contributed by atoms with Gasteiger partial charge in [0.2, 0.25) is 21.8 Å². The zero-order valence-electron chi connectivity index (χ0n) is 20.5. The Bertz CT molecular complexity index is 1170. The standard InChI is InChI=1S/C24H32N4O6S2/c1-33-20-9-8-18(15-21(20)34-2)36(31,32)27-11-12-28(22(29)16-27)19(14-17-6-4-3-5-7-17)23(30)26-24-25-10-13-35-24/h8-10,13,15,17,19H,3-7,11-12,14,16H2,1-2H3,(H,25,26,30)/t19-/m0/s1. The summed E-state index contributed by atoms with van der Waals surface area (Å²) < 4.78 is 38.2. The van der Waals surface area contributed by atoms with Crippen molar-refractivity contribution in [3.8, 4) is 11.5 Å². The average Bonchev–Trinajstić information content (AvgIpc) is 3.40. The smallest absolute Gasteiger partial charge is 0.248 e. The van der Waals surface area contributed by atoms with Gasteiger partial charge >= 0.3 is 0 Å². The third-order valence-corrected chi connectivity index (χ3v) is 9.37. The second-order valence-corrected chi connectivity index (χ2v) is 11.9. The third kappa shape index (κ3) is 5.81. The van der Waals surface area contributed by atoms with Crippen molar-refractivity contribution in [2.24, 2.45) is 5.92 Å². The molecule has 1 saturated carbocycles. The van der Waals surface area contributed by atoms with Gasteiger partial charge in [0.05, 0.1) is 25.7 Å². The molecule has 1 aliphatic heterocycles. The molecule has 2 fully saturated rings. The maximum atomic E-state index is 13.3. The minimum absolute atomic E-state index is 0.0154. The predicted molar refractivity (Wildman–Crippen MR) is 136 cm³/mol. The number of carbonyl (C=O) groups is 2. The molecule has 36 heavy (non-hydrogen) atoms. The number of nitrogens with one attached hydrogen (secondary N) is 1. The van der Waals surface area contributed by atoms with E-state index in [2.05, 4.69) is 10.3 Å². The van der Waals surface area contributed by atoms with Crippen molar-refractivity contribution < 1.29 is 27.5 Å². The Balaban J connectivity index is 1.51. The number of benzene rings is 1. The molecule has 2 aliphatic rings. The number of carbonyl (C=O) groups excluding carboxylic acids is 2. The number of amides is 2. The molecule has 0 unspecified atom stereocenters. The highest BCUT2D eigenvalue weighted by Gasteiger charge is 2.39. The van der Waals surface area contributed by atoms with Gasteiger partial charge < -0.3 is 19.7 Å². The number of methoxy groups -OCH3 is 2. The Labute approximate surface area is 215 Å². The molecule has 196 valence electrons. The summed E-state index contributed by atoms with van der Waals surface area (Å²) in [6.45, 7) is -0.107. The van der Waals surface area contributed by atoms with E-state index in [-0.39, 0.29) is 42.1 Å². The highest BCUT2D eigenvalue weighted by atomic mass is 32.2. The summed E-state index contributed by atoms with van der Waals surface area (Å²) in [6, 6.07) is 3.67. The number of piperazine rings is 1. The first-order valence-corrected chi connectivity index (χ1v) is 14.4. The van der Waals surface area contributed by atoms with Gasteiger partial charge in [-0.3, -0.25) is 9.59 Å². The molecule has 0 spiro atoms. The number of thiazole rings is 1. The van der Waals surface area contributed by atoms with Gasteiger partial charge in [-0.2, -0.15) is 4.31 Å². The summed E-state index contributed by atoms with van der Waals surface area (Å²) in [5.74, 6) is 0.386. The van der Waals surface area contributed by atoms with E-state index in [0.29, 0.717) is 23.2 Å². The van der Waals surface area contributed by atoms with Crippen molar-refractivity contribution in [1.82, 2.24) is 14.2 Å². The Morgan fingerprint density at radius 1 is 1.17 bits per heavy atom. The van der Waals surface area contributed by atoms with Gasteiger partial charge in [0.25, 0.3) is 0 Å². The molecular formula is C24H32N4O6S2. The van der Waals surface area contributed by atoms with E-state index >= 15 is 0 Å². The number of hydrogen-bond acceptors (Lipinski definition) is 8. The molecule has 1 saturated heterocycles. The quantitative estimate of drug-likeness (QED) is 0.523. The van der Waals surface area contributed by atoms with Crippen LogP contribution in [0.1, 0.15) is 38.5 Å². The Morgan fingerprint density at radius 3 is 2.56 bits per heavy atom. The van der Waals surface area contributed by atoms with E-state index < -0.39 is 16.1 Å². The van der Waals surface area contributed by atoms with Crippen LogP contribution in [-0.2, 0) is 19.6 Å². The molecule has 0 radical (unpaired) electrons. The Kier molecular flexibility index (Phi) is 8.47. The fraction of sp³-hybridized carbons (Fsp3) is 0.542. The predicted octanol–water partition coefficient (Wildman–Crippen LogP) is 2.97. The van der Waals surface area contributed by atoms with Crippen molar-refractivity contribution >= 4 is 38.3 Å². The Hall–Kier alpha value is -2.70. The van der Waals surface area contributed by atoms with Crippen molar-refractivity contribution in [2.75, 3.05) is 39.2 Å². The third-order valence-electron chi connectivity index (χ3n) is 6.84. The summed E-state index contributed by atoms with van der Waals surface area (Å²) in [6.07, 6.45) is 7.67. The van der Waals surface area contributed by atoms with Crippen molar-refractivity contribution in [3.05, 3.63) is 29.8 Å². The molecule has 1 aromatic carbocycles. The van der Waals surface area contributed by atoms with Crippen LogP contribution >= 0.6 is 11.3 Å². The first-order chi connectivity index (χ1) is 17.3. The van der Waals surface area contributed by atoms with Crippen LogP contribution in [0.15, 0.2) is 34.7 Å². The topological polar surface area (TPSA) is 118 Å². The first-order valence-electron chi connectivity index (χ1n) is 12.1. The summed E-state index contributed by atoms with van der Waals surface area (Å²) in [5, 5.41) is 5.09. The molecule has 1 N–H and O–H groups in total. The van der Waals surface area contributed by atoms with E-state index in [1.54, 1.807) is 11.6 Å². The van der Waals surface area contributed by atoms with E-state index in [0.717, 1.165) is 30.0 Å². The zero-order chi connectivity index (χ0) is 25.7. The van der Waals surface area contributed by atoms with E-state index in [4.69, 9.17) is 9.47 Å². The number of rotatable bonds is 9. The number of anilines is 1. The van der Waals surface area contributed by atoms with Crippen LogP contribution in [0.5, 0.6) is 11.5 Å². The fourth-order valence-electron chi connectivity index (χ4n) is 4.91. The number of nitrogens with zero attached hydrogens (tertiary/aromatic N) is 3. The molecule has 10 nitrogen and oxygen atoms in total. The molecule has 2 amide bonds. The van der Waals surface area contributed by atoms with Crippen LogP contribution in [0.4, 0.5) is 5.13 Å². The molecular weight excluding hydrogens is 504 g/mol. The minimum Gasteiger partial charge on any atom is -0.493 e. The van der Waals surface area contributed by atoms with E-state index in [1.165, 1.54) is 55.1 Å². The summed E-state index contributed by atoms with van der Waals surface area (Å²) in [5.41, 5.74) is 0. The number of aromatic nitrogens is 1. The molecule has 2 heterocycles. The summed E-state index contributed by atoms with van der Waals surface area (Å²) in [4.78, 5) is 32.2. The lowest BCUT2D eigenvalue weighted by molar-refractivity contribution is -0.142. The molecule has 1 aromatic heterocycles. The SMILES string of the molecule is COc1ccc(S(=O)(=O)N2CCN([C@@H](CC3CCCCC3)C(=O)Nc3nccs3)C(=O)C2)cc1OC. The Morgan fingerprint density at radius 2 is 1.92 bits per heavy atom. The molecule has 4 rings (SSSR count). The van der Waals surface area contributed by atoms with Gasteiger partial charge in [0.1, 0.15) is 6.04 Å². The maximum absolute atomic E-state index is 13.3. The van der Waals surface area contributed by atoms with Crippen LogP contribution in [0.3, 0.4) is 0 Å². The largest absolute Gasteiger partial charge is 0.493 e. The van der Waals surface area contributed by atoms with Crippen molar-refractivity contribution in [1.29, 1.82) is 0 Å². The molecule has 12 heteroatoms. The molecule has 1 atom stereocenters. The van der Waals surface area contributed by atoms with Crippen LogP contribution in [0.2, 0.25) is 0 Å². The number of ether oxygens (including phenoxy) is 2. The lowest BCUT2D eigenvalue weighted by Gasteiger charge is -2.39. The van der Waals surface area contributed by atoms with Gasteiger partial charge in [-0.15, -0.1) is 11.3 Å². The van der Waals surface area contributed by atoms with Gasteiger partial charge in [0.15, 0.2) is 16.6 Å². The average molecular weight is 537 g/mol. The van der Waals surface area contributed by atoms with Crippen LogP contribution in [0, 0.1) is 5.92 Å². The highest BCUT2D eigenvalue weighted by Crippen LogP contribution is 2.32. The van der Waals surface area contributed by atoms with E-state index in [9.17, 15) is 18.0 Å². The zero-order valence-corrected chi connectivity index (χ0v) is 22.1. The molecule has 0 bridgehead atoms. The highest BCUT2D eigenvalue weighted by molar-refractivity contribution is 7.89. The second kappa shape index (κ2) is 11.6. The van der Waals surface area contributed by atoms with Gasteiger partial charge in [0, 0.05) is 30.7 Å². The first kappa shape index (κ1) is 26.4. The summed E-state index contributed by atoms with van der Waals surface area (Å²) >= 11 is 1.32. The summed E-state index contributed by atoms with van der Waals surface area (Å²) in [7, 11) is -1.05. The van der Waals surface area contributed by atoms with Gasteiger partial charge in [-0.1, -0.05) is 32.1 Å². The van der Waals surface area contributed by atoms with Gasteiger partial charge in [-0.25, -0.2) is 13.4 Å². The molecule has 1 aliphatic carbocycles. The normalized spacial score (nSPS) is 18.6. The minimum atomic E-state index is -3.95. The van der Waals surface area contributed by atoms with Gasteiger partial charge in [-0.05, 0) is 24.5 Å². The lowest BCUT2D eigenvalue weighted by atomic mass is 9.84.